The number of piperazine rings is 1. The van der Waals surface area contributed by atoms with E-state index in [9.17, 15) is 19.7 Å². The van der Waals surface area contributed by atoms with Gasteiger partial charge < -0.3 is 15.0 Å². The van der Waals surface area contributed by atoms with Crippen LogP contribution in [0.3, 0.4) is 0 Å². The molecule has 2 fully saturated rings. The number of carbonyl (C=O) groups excluding carboxylic acids is 2. The van der Waals surface area contributed by atoms with Gasteiger partial charge in [0.25, 0.3) is 0 Å². The van der Waals surface area contributed by atoms with Crippen molar-refractivity contribution in [1.82, 2.24) is 10.2 Å². The highest BCUT2D eigenvalue weighted by Gasteiger charge is 2.33. The molecule has 1 N–H and O–H groups in total. The van der Waals surface area contributed by atoms with Gasteiger partial charge in [-0.05, 0) is 31.2 Å². The monoisotopic (exact) mass is 491 g/mol. The Morgan fingerprint density at radius 3 is 2.65 bits per heavy atom. The minimum absolute atomic E-state index is 0.0414. The number of rotatable bonds is 7. The van der Waals surface area contributed by atoms with Gasteiger partial charge in [-0.15, -0.1) is 0 Å². The number of amides is 2. The molecule has 2 aliphatic rings. The quantitative estimate of drug-likeness (QED) is 0.468. The van der Waals surface area contributed by atoms with Crippen molar-refractivity contribution in [3.05, 3.63) is 51.1 Å². The molecule has 34 heavy (non-hydrogen) atoms. The number of thiophene rings is 1. The van der Waals surface area contributed by atoms with Crippen molar-refractivity contribution in [2.45, 2.75) is 26.0 Å². The standard InChI is InChI=1S/C22H26FN5O5S/c1-14(20-5-6-21(34-20)28(31)32)25-7-9-26(10-8-25)19-4-3-16(11-18(19)23)27-13-17(33-22(27)30)12-24-15(2)29/h3-6,11,14,17H,7-10,12-13H2,1-2H3,(H,24,29)/t14?,17-/m0/s1. The van der Waals surface area contributed by atoms with Crippen LogP contribution in [0.1, 0.15) is 24.8 Å². The average Bonchev–Trinajstić information content (AvgIpc) is 3.44. The van der Waals surface area contributed by atoms with Gasteiger partial charge in [-0.3, -0.25) is 24.7 Å². The van der Waals surface area contributed by atoms with Gasteiger partial charge in [0.05, 0.1) is 29.4 Å². The topological polar surface area (TPSA) is 108 Å². The Kier molecular flexibility index (Phi) is 6.98. The predicted molar refractivity (Wildman–Crippen MR) is 126 cm³/mol. The van der Waals surface area contributed by atoms with Crippen LogP contribution < -0.4 is 15.1 Å². The maximum atomic E-state index is 15.0. The van der Waals surface area contributed by atoms with E-state index in [-0.39, 0.29) is 35.0 Å². The number of hydrogen-bond donors (Lipinski definition) is 1. The molecule has 182 valence electrons. The van der Waals surface area contributed by atoms with Crippen LogP contribution in [0.25, 0.3) is 0 Å². The molecule has 0 spiro atoms. The number of ether oxygens (including phenoxy) is 1. The maximum Gasteiger partial charge on any atom is 0.414 e. The Balaban J connectivity index is 1.36. The predicted octanol–water partition coefficient (Wildman–Crippen LogP) is 3.14. The van der Waals surface area contributed by atoms with Crippen LogP contribution in [0.15, 0.2) is 30.3 Å². The van der Waals surface area contributed by atoms with Crippen molar-refractivity contribution in [3.63, 3.8) is 0 Å². The first kappa shape index (κ1) is 23.9. The van der Waals surface area contributed by atoms with Crippen molar-refractivity contribution in [2.75, 3.05) is 49.1 Å². The lowest BCUT2D eigenvalue weighted by molar-refractivity contribution is -0.380. The third-order valence-corrected chi connectivity index (χ3v) is 7.31. The van der Waals surface area contributed by atoms with Crippen molar-refractivity contribution in [1.29, 1.82) is 0 Å². The molecule has 2 amide bonds. The molecular formula is C22H26FN5O5S. The van der Waals surface area contributed by atoms with Crippen LogP contribution in [0.5, 0.6) is 0 Å². The van der Waals surface area contributed by atoms with E-state index in [2.05, 4.69) is 10.2 Å². The summed E-state index contributed by atoms with van der Waals surface area (Å²) in [5.41, 5.74) is 0.869. The van der Waals surface area contributed by atoms with Gasteiger partial charge >= 0.3 is 11.1 Å². The van der Waals surface area contributed by atoms with E-state index < -0.39 is 18.0 Å². The van der Waals surface area contributed by atoms with Crippen molar-refractivity contribution < 1.29 is 23.6 Å². The summed E-state index contributed by atoms with van der Waals surface area (Å²) in [4.78, 5) is 40.3. The van der Waals surface area contributed by atoms with E-state index in [0.29, 0.717) is 37.6 Å². The lowest BCUT2D eigenvalue weighted by Gasteiger charge is -2.39. The van der Waals surface area contributed by atoms with E-state index >= 15 is 4.39 Å². The summed E-state index contributed by atoms with van der Waals surface area (Å²) in [5.74, 6) is -0.637. The number of halogens is 1. The first-order valence-electron chi connectivity index (χ1n) is 11.0. The molecule has 0 radical (unpaired) electrons. The number of benzene rings is 1. The number of anilines is 2. The normalized spacial score (nSPS) is 19.7. The second kappa shape index (κ2) is 9.94. The highest BCUT2D eigenvalue weighted by atomic mass is 32.1. The molecule has 1 unspecified atom stereocenters. The minimum atomic E-state index is -0.570. The van der Waals surface area contributed by atoms with E-state index in [1.807, 2.05) is 11.8 Å². The fourth-order valence-electron chi connectivity index (χ4n) is 4.21. The van der Waals surface area contributed by atoms with E-state index in [1.54, 1.807) is 18.2 Å². The molecule has 0 bridgehead atoms. The van der Waals surface area contributed by atoms with Crippen LogP contribution in [0.4, 0.5) is 25.6 Å². The Hall–Kier alpha value is -3.25. The van der Waals surface area contributed by atoms with Gasteiger partial charge in [0, 0.05) is 50.1 Å². The Morgan fingerprint density at radius 1 is 1.29 bits per heavy atom. The highest BCUT2D eigenvalue weighted by molar-refractivity contribution is 7.15. The van der Waals surface area contributed by atoms with Crippen molar-refractivity contribution in [3.8, 4) is 0 Å². The summed E-state index contributed by atoms with van der Waals surface area (Å²) in [6.45, 7) is 6.45. The molecule has 2 aromatic rings. The molecule has 0 aliphatic carbocycles. The second-order valence-corrected chi connectivity index (χ2v) is 9.42. The van der Waals surface area contributed by atoms with E-state index in [0.717, 1.165) is 4.88 Å². The highest BCUT2D eigenvalue weighted by Crippen LogP contribution is 2.33. The number of cyclic esters (lactones) is 1. The minimum Gasteiger partial charge on any atom is -0.442 e. The molecule has 2 aliphatic heterocycles. The molecule has 12 heteroatoms. The zero-order valence-corrected chi connectivity index (χ0v) is 19.7. The van der Waals surface area contributed by atoms with Gasteiger partial charge in [-0.2, -0.15) is 0 Å². The Labute approximate surface area is 200 Å². The molecule has 3 heterocycles. The Morgan fingerprint density at radius 2 is 2.03 bits per heavy atom. The first-order valence-corrected chi connectivity index (χ1v) is 11.8. The maximum absolute atomic E-state index is 15.0. The lowest BCUT2D eigenvalue weighted by atomic mass is 10.1. The molecule has 10 nitrogen and oxygen atoms in total. The summed E-state index contributed by atoms with van der Waals surface area (Å²) >= 11 is 1.18. The summed E-state index contributed by atoms with van der Waals surface area (Å²) in [5, 5.41) is 13.7. The fourth-order valence-corrected chi connectivity index (χ4v) is 5.12. The number of nitrogens with zero attached hydrogens (tertiary/aromatic N) is 4. The molecule has 0 saturated carbocycles. The molecule has 2 atom stereocenters. The van der Waals surface area contributed by atoms with Gasteiger partial charge in [0.1, 0.15) is 11.9 Å². The Bertz CT molecular complexity index is 1090. The molecule has 1 aromatic carbocycles. The van der Waals surface area contributed by atoms with Crippen molar-refractivity contribution in [2.24, 2.45) is 0 Å². The number of nitro groups is 1. The first-order chi connectivity index (χ1) is 16.2. The van der Waals surface area contributed by atoms with Gasteiger partial charge in [0.2, 0.25) is 5.91 Å². The van der Waals surface area contributed by atoms with Crippen LogP contribution >= 0.6 is 11.3 Å². The molecule has 2 saturated heterocycles. The second-order valence-electron chi connectivity index (χ2n) is 8.32. The van der Waals surface area contributed by atoms with Crippen LogP contribution in [0, 0.1) is 15.9 Å². The molecule has 4 rings (SSSR count). The zero-order valence-electron chi connectivity index (χ0n) is 18.9. The third kappa shape index (κ3) is 5.12. The van der Waals surface area contributed by atoms with Crippen LogP contribution in [-0.4, -0.2) is 67.2 Å². The summed E-state index contributed by atoms with van der Waals surface area (Å²) in [7, 11) is 0. The van der Waals surface area contributed by atoms with E-state index in [4.69, 9.17) is 4.74 Å². The average molecular weight is 492 g/mol. The molecule has 1 aromatic heterocycles. The fraction of sp³-hybridized carbons (Fsp3) is 0.455. The van der Waals surface area contributed by atoms with Gasteiger partial charge in [0.15, 0.2) is 0 Å². The third-order valence-electron chi connectivity index (χ3n) is 6.10. The van der Waals surface area contributed by atoms with Gasteiger partial charge in [-0.25, -0.2) is 9.18 Å². The summed E-state index contributed by atoms with van der Waals surface area (Å²) in [6.07, 6.45) is -1.06. The van der Waals surface area contributed by atoms with Crippen LogP contribution in [-0.2, 0) is 9.53 Å². The SMILES string of the molecule is CC(=O)NC[C@H]1CN(c2ccc(N3CCN(C(C)c4ccc([N+](=O)[O-])s4)CC3)c(F)c2)C(=O)O1. The van der Waals surface area contributed by atoms with Crippen LogP contribution in [0.2, 0.25) is 0 Å². The number of hydrogen-bond acceptors (Lipinski definition) is 8. The largest absolute Gasteiger partial charge is 0.442 e. The zero-order chi connectivity index (χ0) is 24.4. The van der Waals surface area contributed by atoms with E-state index in [1.165, 1.54) is 35.3 Å². The summed E-state index contributed by atoms with van der Waals surface area (Å²) in [6, 6.07) is 8.06. The molecular weight excluding hydrogens is 465 g/mol. The lowest BCUT2D eigenvalue weighted by Crippen LogP contribution is -2.47. The van der Waals surface area contributed by atoms with Crippen molar-refractivity contribution >= 4 is 39.7 Å². The summed E-state index contributed by atoms with van der Waals surface area (Å²) < 4.78 is 20.3. The smallest absolute Gasteiger partial charge is 0.414 e. The van der Waals surface area contributed by atoms with Gasteiger partial charge in [-0.1, -0.05) is 11.3 Å². The number of nitrogens with one attached hydrogen (secondary N) is 1. The number of carbonyl (C=O) groups is 2.